The van der Waals surface area contributed by atoms with Crippen LogP contribution in [0.3, 0.4) is 0 Å². The van der Waals surface area contributed by atoms with Crippen LogP contribution in [0.2, 0.25) is 0 Å². The Hall–Kier alpha value is -6.82. The lowest BCUT2D eigenvalue weighted by Crippen LogP contribution is -2.58. The standard InChI is InChI=1S/C59H71FN12O5/c1-36(2)71-35-63-49-32-48(65-54(53(49)71)64-47-17-22-61-34-46(47)60)39-11-14-45-50(29-39)72(43-30-42(31-43)68-23-5-4-6-24-68)58(77)59(45)20-27-70(28-21-59)57(76)38-9-7-37(8-10-38)56(75)69-25-18-41(19-26-69)67(3)51-15-12-40(33-62-51)44-13-16-52(73)66-55(44)74/h11-12,14-15,17,22,29,32-38,41-44H,4-10,13,16,18-21,23-28,30-31H2,1-3H3,(H,61,64,65)(H,66,73,74). The molecule has 5 amide bonds. The van der Waals surface area contributed by atoms with Crippen LogP contribution in [-0.2, 0) is 29.4 Å². The molecule has 5 aromatic rings. The minimum atomic E-state index is -0.745. The van der Waals surface area contributed by atoms with Crippen molar-refractivity contribution in [1.82, 2.24) is 44.5 Å². The first-order valence-corrected chi connectivity index (χ1v) is 28.4. The molecule has 2 N–H and O–H groups in total. The van der Waals surface area contributed by atoms with Gasteiger partial charge >= 0.3 is 0 Å². The molecular weight excluding hydrogens is 976 g/mol. The van der Waals surface area contributed by atoms with E-state index in [1.54, 1.807) is 24.8 Å². The smallest absolute Gasteiger partial charge is 0.238 e. The molecule has 1 atom stereocenters. The van der Waals surface area contributed by atoms with E-state index in [2.05, 4.69) is 67.3 Å². The van der Waals surface area contributed by atoms with E-state index in [0.717, 1.165) is 78.0 Å². The van der Waals surface area contributed by atoms with Gasteiger partial charge in [-0.2, -0.15) is 0 Å². The molecule has 18 heteroatoms. The number of imidazole rings is 1. The Morgan fingerprint density at radius 2 is 1.52 bits per heavy atom. The molecule has 5 aliphatic heterocycles. The van der Waals surface area contributed by atoms with Crippen LogP contribution in [0.5, 0.6) is 0 Å². The summed E-state index contributed by atoms with van der Waals surface area (Å²) in [6.07, 6.45) is 18.1. The van der Waals surface area contributed by atoms with Gasteiger partial charge in [-0.05, 0) is 146 Å². The SMILES string of the molecule is CC(C)n1cnc2cc(-c3ccc4c(c3)N(C3CC(N5CCCCC5)C3)C(=O)C43CCN(C(=O)C4CCC(C(=O)N5CCC(N(C)c6ccc(C7CCC(=O)NC7=O)cn6)CC5)CC4)CC3)nc(Nc3ccncc3F)c21. The number of nitrogens with one attached hydrogen (secondary N) is 2. The second-order valence-electron chi connectivity index (χ2n) is 23.3. The number of imide groups is 1. The van der Waals surface area contributed by atoms with E-state index in [-0.39, 0.29) is 71.1 Å². The quantitative estimate of drug-likeness (QED) is 0.122. The normalized spacial score (nSPS) is 25.0. The van der Waals surface area contributed by atoms with Gasteiger partial charge in [0.25, 0.3) is 0 Å². The van der Waals surface area contributed by atoms with E-state index >= 15 is 9.18 Å². The zero-order chi connectivity index (χ0) is 53.1. The zero-order valence-corrected chi connectivity index (χ0v) is 44.6. The number of fused-ring (bicyclic) bond motifs is 3. The Balaban J connectivity index is 0.701. The molecule has 404 valence electrons. The van der Waals surface area contributed by atoms with Crippen molar-refractivity contribution in [3.63, 3.8) is 0 Å². The van der Waals surface area contributed by atoms with E-state index in [9.17, 15) is 19.2 Å². The zero-order valence-electron chi connectivity index (χ0n) is 44.6. The number of halogens is 1. The molecule has 0 radical (unpaired) electrons. The van der Waals surface area contributed by atoms with Crippen LogP contribution >= 0.6 is 0 Å². The number of amides is 5. The van der Waals surface area contributed by atoms with Crippen LogP contribution in [-0.4, -0.2) is 133 Å². The number of likely N-dealkylation sites (tertiary alicyclic amines) is 3. The summed E-state index contributed by atoms with van der Waals surface area (Å²) in [4.78, 5) is 97.1. The Kier molecular flexibility index (Phi) is 13.8. The highest BCUT2D eigenvalue weighted by atomic mass is 19.1. The molecule has 2 aliphatic carbocycles. The predicted molar refractivity (Wildman–Crippen MR) is 291 cm³/mol. The third-order valence-corrected chi connectivity index (χ3v) is 18.6. The molecule has 2 saturated carbocycles. The summed E-state index contributed by atoms with van der Waals surface area (Å²) in [5, 5.41) is 5.68. The molecule has 77 heavy (non-hydrogen) atoms. The monoisotopic (exact) mass is 1050 g/mol. The molecule has 12 rings (SSSR count). The highest BCUT2D eigenvalue weighted by Crippen LogP contribution is 2.52. The van der Waals surface area contributed by atoms with Crippen LogP contribution in [0.4, 0.5) is 27.4 Å². The Bertz CT molecular complexity index is 3070. The summed E-state index contributed by atoms with van der Waals surface area (Å²) in [5.74, 6) is 0.177. The topological polar surface area (TPSA) is 182 Å². The lowest BCUT2D eigenvalue weighted by atomic mass is 9.72. The van der Waals surface area contributed by atoms with Gasteiger partial charge in [-0.15, -0.1) is 0 Å². The van der Waals surface area contributed by atoms with Crippen molar-refractivity contribution in [3.05, 3.63) is 84.3 Å². The number of piperidine rings is 4. The van der Waals surface area contributed by atoms with Gasteiger partial charge in [0, 0.05) is 99.3 Å². The van der Waals surface area contributed by atoms with Gasteiger partial charge in [0.05, 0.1) is 40.8 Å². The van der Waals surface area contributed by atoms with Crippen molar-refractivity contribution in [2.45, 2.75) is 146 Å². The minimum Gasteiger partial charge on any atom is -0.357 e. The molecule has 0 bridgehead atoms. The molecule has 7 aliphatic rings. The molecule has 1 aromatic carbocycles. The summed E-state index contributed by atoms with van der Waals surface area (Å²) >= 11 is 0. The van der Waals surface area contributed by atoms with Gasteiger partial charge in [0.15, 0.2) is 11.6 Å². The summed E-state index contributed by atoms with van der Waals surface area (Å²) in [6, 6.07) is 14.6. The highest BCUT2D eigenvalue weighted by Gasteiger charge is 2.56. The Labute approximate surface area is 449 Å². The number of rotatable bonds is 11. The van der Waals surface area contributed by atoms with Crippen molar-refractivity contribution >= 4 is 63.6 Å². The predicted octanol–water partition coefficient (Wildman–Crippen LogP) is 8.03. The molecule has 9 heterocycles. The fourth-order valence-corrected chi connectivity index (χ4v) is 13.9. The molecule has 1 unspecified atom stereocenters. The fraction of sp³-hybridized carbons (Fsp3) is 0.542. The van der Waals surface area contributed by atoms with E-state index in [0.29, 0.717) is 95.1 Å². The molecule has 4 saturated heterocycles. The van der Waals surface area contributed by atoms with Gasteiger partial charge in [0.2, 0.25) is 29.5 Å². The first-order chi connectivity index (χ1) is 37.3. The van der Waals surface area contributed by atoms with E-state index in [4.69, 9.17) is 9.97 Å². The number of carbonyl (C=O) groups is 5. The first kappa shape index (κ1) is 51.0. The van der Waals surface area contributed by atoms with Crippen LogP contribution in [0, 0.1) is 17.7 Å². The maximum absolute atomic E-state index is 15.3. The van der Waals surface area contributed by atoms with Gasteiger partial charge in [0.1, 0.15) is 11.3 Å². The lowest BCUT2D eigenvalue weighted by molar-refractivity contribution is -0.143. The van der Waals surface area contributed by atoms with Gasteiger partial charge in [-0.1, -0.05) is 24.6 Å². The second-order valence-corrected chi connectivity index (χ2v) is 23.3. The van der Waals surface area contributed by atoms with E-state index in [1.165, 1.54) is 25.5 Å². The van der Waals surface area contributed by atoms with Crippen LogP contribution in [0.1, 0.15) is 133 Å². The third-order valence-electron chi connectivity index (χ3n) is 18.6. The number of hydrogen-bond donors (Lipinski definition) is 2. The number of hydrogen-bond acceptors (Lipinski definition) is 12. The van der Waals surface area contributed by atoms with Crippen LogP contribution < -0.4 is 20.4 Å². The highest BCUT2D eigenvalue weighted by molar-refractivity contribution is 6.09. The van der Waals surface area contributed by atoms with Crippen molar-refractivity contribution in [2.75, 3.05) is 61.4 Å². The lowest BCUT2D eigenvalue weighted by Gasteiger charge is -2.48. The molecule has 17 nitrogen and oxygen atoms in total. The summed E-state index contributed by atoms with van der Waals surface area (Å²) in [5.41, 5.74) is 5.26. The number of aromatic nitrogens is 5. The fourth-order valence-electron chi connectivity index (χ4n) is 13.9. The van der Waals surface area contributed by atoms with Crippen molar-refractivity contribution < 1.29 is 28.4 Å². The number of nitrogens with zero attached hydrogens (tertiary/aromatic N) is 10. The van der Waals surface area contributed by atoms with Crippen molar-refractivity contribution in [2.24, 2.45) is 11.8 Å². The summed E-state index contributed by atoms with van der Waals surface area (Å²) in [7, 11) is 2.03. The number of carbonyl (C=O) groups excluding carboxylic acids is 5. The average Bonchev–Trinajstić information content (AvgIpc) is 4.20. The largest absolute Gasteiger partial charge is 0.357 e. The van der Waals surface area contributed by atoms with Gasteiger partial charge in [-0.25, -0.2) is 19.3 Å². The van der Waals surface area contributed by atoms with Crippen LogP contribution in [0.25, 0.3) is 22.3 Å². The Morgan fingerprint density at radius 1 is 0.805 bits per heavy atom. The van der Waals surface area contributed by atoms with Crippen molar-refractivity contribution in [1.29, 1.82) is 0 Å². The first-order valence-electron chi connectivity index (χ1n) is 28.4. The van der Waals surface area contributed by atoms with Crippen molar-refractivity contribution in [3.8, 4) is 11.3 Å². The maximum Gasteiger partial charge on any atom is 0.238 e. The molecule has 4 aromatic heterocycles. The third kappa shape index (κ3) is 9.51. The number of benzene rings is 1. The van der Waals surface area contributed by atoms with E-state index < -0.39 is 11.2 Å². The number of anilines is 4. The number of pyridine rings is 3. The Morgan fingerprint density at radius 3 is 2.18 bits per heavy atom. The van der Waals surface area contributed by atoms with Crippen LogP contribution in [0.15, 0.2) is 67.4 Å². The maximum atomic E-state index is 15.3. The second kappa shape index (κ2) is 20.9. The molecular formula is C59H71FN12O5. The van der Waals surface area contributed by atoms with Gasteiger partial charge < -0.3 is 34.4 Å². The molecule has 1 spiro atoms. The average molecular weight is 1050 g/mol. The van der Waals surface area contributed by atoms with Gasteiger partial charge in [-0.3, -0.25) is 34.3 Å². The summed E-state index contributed by atoms with van der Waals surface area (Å²) < 4.78 is 17.1. The molecule has 6 fully saturated rings. The minimum absolute atomic E-state index is 0.0764. The van der Waals surface area contributed by atoms with E-state index in [1.807, 2.05) is 39.6 Å². The summed E-state index contributed by atoms with van der Waals surface area (Å²) in [6.45, 7) is 8.71.